The van der Waals surface area contributed by atoms with Crippen LogP contribution in [0.25, 0.3) is 0 Å². The van der Waals surface area contributed by atoms with Crippen LogP contribution in [0, 0.1) is 0 Å². The van der Waals surface area contributed by atoms with E-state index in [1.54, 1.807) is 0 Å². The molecule has 0 aliphatic rings. The van der Waals surface area contributed by atoms with E-state index in [-0.39, 0.29) is 11.7 Å². The van der Waals surface area contributed by atoms with E-state index in [4.69, 9.17) is 0 Å². The van der Waals surface area contributed by atoms with Crippen LogP contribution >= 0.6 is 0 Å². The minimum atomic E-state index is -3.59. The normalized spacial score (nSPS) is 11.4. The summed E-state index contributed by atoms with van der Waals surface area (Å²) in [6, 6.07) is 0. The highest BCUT2D eigenvalue weighted by Gasteiger charge is 2.10. The molecule has 0 aromatic rings. The molecule has 0 fully saturated rings. The van der Waals surface area contributed by atoms with Gasteiger partial charge >= 0.3 is 0 Å². The molecule has 6 heteroatoms. The van der Waals surface area contributed by atoms with Crippen LogP contribution in [-0.2, 0) is 19.2 Å². The molecule has 0 atom stereocenters. The summed E-state index contributed by atoms with van der Waals surface area (Å²) in [6.45, 7) is 3.57. The molecule has 0 spiro atoms. The maximum atomic E-state index is 11.1. The Morgan fingerprint density at radius 2 is 1.75 bits per heavy atom. The van der Waals surface area contributed by atoms with Crippen molar-refractivity contribution in [2.45, 2.75) is 52.4 Å². The third-order valence-electron chi connectivity index (χ3n) is 2.14. The number of unbranched alkanes of at least 4 members (excludes halogenated alkanes) is 4. The molecule has 1 N–H and O–H groups in total. The number of rotatable bonds is 9. The fourth-order valence-corrected chi connectivity index (χ4v) is 1.45. The van der Waals surface area contributed by atoms with E-state index in [0.717, 1.165) is 25.7 Å². The first-order valence-electron chi connectivity index (χ1n) is 5.71. The number of hydrogen-bond acceptors (Lipinski definition) is 4. The number of nitrogens with one attached hydrogen (secondary N) is 1. The molecule has 0 rings (SSSR count). The molecule has 0 aromatic carbocycles. The van der Waals surface area contributed by atoms with Gasteiger partial charge < -0.3 is 0 Å². The number of carbonyl (C=O) groups excluding carboxylic acids is 1. The maximum absolute atomic E-state index is 11.1. The van der Waals surface area contributed by atoms with Gasteiger partial charge in [-0.1, -0.05) is 32.6 Å². The quantitative estimate of drug-likeness (QED) is 0.500. The van der Waals surface area contributed by atoms with Crippen LogP contribution < -0.4 is 5.48 Å². The lowest BCUT2D eigenvalue weighted by molar-refractivity contribution is -0.127. The maximum Gasteiger partial charge on any atom is 0.287 e. The third kappa shape index (κ3) is 8.67. The van der Waals surface area contributed by atoms with Gasteiger partial charge in [0.2, 0.25) is 5.91 Å². The van der Waals surface area contributed by atoms with Crippen LogP contribution in [0.15, 0.2) is 0 Å². The minimum Gasteiger partial charge on any atom is -0.273 e. The molecule has 1 amide bonds. The van der Waals surface area contributed by atoms with E-state index < -0.39 is 10.1 Å². The zero-order chi connectivity index (χ0) is 12.4. The summed E-state index contributed by atoms with van der Waals surface area (Å²) in [5.41, 5.74) is 1.94. The number of carbonyl (C=O) groups is 1. The molecule has 0 unspecified atom stereocenters. The van der Waals surface area contributed by atoms with Crippen molar-refractivity contribution in [1.29, 1.82) is 0 Å². The molecule has 96 valence electrons. The Labute approximate surface area is 97.6 Å². The molecule has 0 aliphatic heterocycles. The molecule has 0 aliphatic carbocycles. The van der Waals surface area contributed by atoms with Gasteiger partial charge in [-0.15, -0.1) is 4.28 Å². The molecule has 16 heavy (non-hydrogen) atoms. The Morgan fingerprint density at radius 1 is 1.12 bits per heavy atom. The number of hydroxylamine groups is 1. The zero-order valence-corrected chi connectivity index (χ0v) is 10.8. The topological polar surface area (TPSA) is 72.5 Å². The average molecular weight is 251 g/mol. The van der Waals surface area contributed by atoms with Crippen molar-refractivity contribution in [3.05, 3.63) is 0 Å². The van der Waals surface area contributed by atoms with Gasteiger partial charge in [0.1, 0.15) is 0 Å². The van der Waals surface area contributed by atoms with Crippen LogP contribution in [0.5, 0.6) is 0 Å². The first-order valence-corrected chi connectivity index (χ1v) is 7.29. The van der Waals surface area contributed by atoms with E-state index in [2.05, 4.69) is 11.2 Å². The highest BCUT2D eigenvalue weighted by atomic mass is 32.2. The predicted octanol–water partition coefficient (Wildman–Crippen LogP) is 1.74. The van der Waals surface area contributed by atoms with Crippen LogP contribution in [-0.4, -0.2) is 20.1 Å². The second-order valence-corrected chi connectivity index (χ2v) is 5.48. The lowest BCUT2D eigenvalue weighted by atomic mass is 10.1. The molecule has 0 aromatic heterocycles. The molecular weight excluding hydrogens is 230 g/mol. The Morgan fingerprint density at radius 3 is 2.31 bits per heavy atom. The molecule has 0 radical (unpaired) electrons. The minimum absolute atomic E-state index is 0.149. The van der Waals surface area contributed by atoms with Gasteiger partial charge in [-0.25, -0.2) is 5.48 Å². The summed E-state index contributed by atoms with van der Waals surface area (Å²) >= 11 is 0. The Bertz CT molecular complexity index is 287. The second-order valence-electron chi connectivity index (χ2n) is 3.62. The molecule has 0 heterocycles. The van der Waals surface area contributed by atoms with Crippen LogP contribution in [0.2, 0.25) is 0 Å². The van der Waals surface area contributed by atoms with Gasteiger partial charge in [0.25, 0.3) is 10.1 Å². The van der Waals surface area contributed by atoms with E-state index in [1.165, 1.54) is 13.3 Å². The first-order chi connectivity index (χ1) is 7.52. The molecule has 0 saturated heterocycles. The van der Waals surface area contributed by atoms with Crippen molar-refractivity contribution in [3.8, 4) is 0 Å². The summed E-state index contributed by atoms with van der Waals surface area (Å²) in [5.74, 6) is -0.530. The van der Waals surface area contributed by atoms with Crippen LogP contribution in [0.4, 0.5) is 0 Å². The largest absolute Gasteiger partial charge is 0.287 e. The second kappa shape index (κ2) is 8.52. The molecule has 0 bridgehead atoms. The van der Waals surface area contributed by atoms with E-state index in [1.807, 2.05) is 5.48 Å². The van der Waals surface area contributed by atoms with Gasteiger partial charge in [-0.05, 0) is 13.3 Å². The predicted molar refractivity (Wildman–Crippen MR) is 62.1 cm³/mol. The van der Waals surface area contributed by atoms with Crippen molar-refractivity contribution < 1.29 is 17.5 Å². The molecule has 0 saturated carbocycles. The average Bonchev–Trinajstić information content (AvgIpc) is 2.26. The Hall–Kier alpha value is -0.620. The fraction of sp³-hybridized carbons (Fsp3) is 0.900. The lowest BCUT2D eigenvalue weighted by Gasteiger charge is -2.04. The lowest BCUT2D eigenvalue weighted by Crippen LogP contribution is -2.27. The SMILES string of the molecule is CCCCCCCC(=O)NOS(=O)(=O)CC. The number of amides is 1. The monoisotopic (exact) mass is 251 g/mol. The van der Waals surface area contributed by atoms with Gasteiger partial charge in [0, 0.05) is 6.42 Å². The summed E-state index contributed by atoms with van der Waals surface area (Å²) in [6.07, 6.45) is 5.50. The van der Waals surface area contributed by atoms with E-state index >= 15 is 0 Å². The van der Waals surface area contributed by atoms with E-state index in [9.17, 15) is 13.2 Å². The van der Waals surface area contributed by atoms with Crippen LogP contribution in [0.1, 0.15) is 52.4 Å². The van der Waals surface area contributed by atoms with Crippen molar-refractivity contribution >= 4 is 16.0 Å². The first kappa shape index (κ1) is 15.4. The highest BCUT2D eigenvalue weighted by molar-refractivity contribution is 7.86. The highest BCUT2D eigenvalue weighted by Crippen LogP contribution is 2.04. The van der Waals surface area contributed by atoms with Crippen molar-refractivity contribution in [2.24, 2.45) is 0 Å². The Balaban J connectivity index is 3.53. The standard InChI is InChI=1S/C10H21NO4S/c1-3-5-6-7-8-9-10(12)11-15-16(13,14)4-2/h3-9H2,1-2H3,(H,11,12). The van der Waals surface area contributed by atoms with Crippen molar-refractivity contribution in [2.75, 3.05) is 5.75 Å². The summed E-state index contributed by atoms with van der Waals surface area (Å²) in [5, 5.41) is 0. The van der Waals surface area contributed by atoms with Crippen LogP contribution in [0.3, 0.4) is 0 Å². The summed E-state index contributed by atoms with van der Waals surface area (Å²) in [7, 11) is -3.59. The van der Waals surface area contributed by atoms with Crippen molar-refractivity contribution in [1.82, 2.24) is 5.48 Å². The molecular formula is C10H21NO4S. The van der Waals surface area contributed by atoms with E-state index in [0.29, 0.717) is 6.42 Å². The van der Waals surface area contributed by atoms with Gasteiger partial charge in [0.15, 0.2) is 0 Å². The summed E-state index contributed by atoms with van der Waals surface area (Å²) < 4.78 is 26.1. The van der Waals surface area contributed by atoms with Gasteiger partial charge in [-0.2, -0.15) is 8.42 Å². The number of hydrogen-bond donors (Lipinski definition) is 1. The fourth-order valence-electron chi connectivity index (χ4n) is 1.11. The third-order valence-corrected chi connectivity index (χ3v) is 3.19. The Kier molecular flexibility index (Phi) is 8.19. The summed E-state index contributed by atoms with van der Waals surface area (Å²) in [4.78, 5) is 11.1. The van der Waals surface area contributed by atoms with Gasteiger partial charge in [-0.3, -0.25) is 4.79 Å². The zero-order valence-electron chi connectivity index (χ0n) is 9.99. The van der Waals surface area contributed by atoms with Crippen molar-refractivity contribution in [3.63, 3.8) is 0 Å². The smallest absolute Gasteiger partial charge is 0.273 e. The van der Waals surface area contributed by atoms with Gasteiger partial charge in [0.05, 0.1) is 5.75 Å². The molecule has 5 nitrogen and oxygen atoms in total.